The Balaban J connectivity index is 1.95. The predicted octanol–water partition coefficient (Wildman–Crippen LogP) is 4.46. The average Bonchev–Trinajstić information content (AvgIpc) is 2.71. The van der Waals surface area contributed by atoms with Crippen molar-refractivity contribution in [1.82, 2.24) is 4.57 Å². The summed E-state index contributed by atoms with van der Waals surface area (Å²) in [5, 5.41) is 21.5. The third kappa shape index (κ3) is 3.14. The number of aromatic nitrogens is 1. The Bertz CT molecular complexity index is 1240. The maximum Gasteiger partial charge on any atom is 0.265 e. The van der Waals surface area contributed by atoms with Gasteiger partial charge in [0.1, 0.15) is 5.75 Å². The Hall–Kier alpha value is -3.86. The molecule has 138 valence electrons. The molecule has 0 aliphatic carbocycles. The van der Waals surface area contributed by atoms with E-state index in [9.17, 15) is 15.0 Å². The summed E-state index contributed by atoms with van der Waals surface area (Å²) in [4.78, 5) is 17.4. The van der Waals surface area contributed by atoms with Crippen LogP contribution in [0.3, 0.4) is 0 Å². The fraction of sp³-hybridized carbons (Fsp3) is 0.0435. The van der Waals surface area contributed by atoms with Crippen LogP contribution < -0.4 is 5.56 Å². The van der Waals surface area contributed by atoms with Crippen molar-refractivity contribution in [3.63, 3.8) is 0 Å². The molecule has 0 saturated heterocycles. The van der Waals surface area contributed by atoms with E-state index in [4.69, 9.17) is 0 Å². The van der Waals surface area contributed by atoms with Gasteiger partial charge in [0.25, 0.3) is 5.56 Å². The molecule has 1 heterocycles. The number of phenolic OH excluding ortho intramolecular Hbond substituents is 1. The summed E-state index contributed by atoms with van der Waals surface area (Å²) in [6.07, 6.45) is 1.54. The lowest BCUT2D eigenvalue weighted by molar-refractivity contribution is 0.436. The zero-order valence-electron chi connectivity index (χ0n) is 15.2. The van der Waals surface area contributed by atoms with Crippen molar-refractivity contribution in [3.8, 4) is 17.3 Å². The van der Waals surface area contributed by atoms with Crippen molar-refractivity contribution < 1.29 is 10.2 Å². The highest BCUT2D eigenvalue weighted by atomic mass is 16.3. The van der Waals surface area contributed by atoms with Crippen molar-refractivity contribution in [2.45, 2.75) is 6.92 Å². The molecule has 3 aromatic carbocycles. The second-order valence-electron chi connectivity index (χ2n) is 6.53. The summed E-state index contributed by atoms with van der Waals surface area (Å²) in [6, 6.07) is 20.9. The number of benzene rings is 3. The van der Waals surface area contributed by atoms with Crippen LogP contribution >= 0.6 is 0 Å². The zero-order chi connectivity index (χ0) is 19.7. The molecule has 0 unspecified atom stereocenters. The summed E-state index contributed by atoms with van der Waals surface area (Å²) in [6.45, 7) is 1.96. The molecule has 4 aromatic rings. The largest absolute Gasteiger partial charge is 0.508 e. The first-order valence-corrected chi connectivity index (χ1v) is 8.81. The standard InChI is InChI=1S/C23H18N2O3/c1-15-6-10-17(11-7-15)25-22(27)20-5-3-2-4-19(20)21(23(25)28)14-24-16-8-12-18(26)13-9-16/h2-14,26,28H,1H3. The van der Waals surface area contributed by atoms with E-state index in [1.165, 1.54) is 22.9 Å². The van der Waals surface area contributed by atoms with E-state index in [0.29, 0.717) is 27.7 Å². The molecule has 0 fully saturated rings. The third-order valence-corrected chi connectivity index (χ3v) is 4.59. The van der Waals surface area contributed by atoms with Gasteiger partial charge in [0.05, 0.1) is 16.9 Å². The molecule has 0 bridgehead atoms. The first-order valence-electron chi connectivity index (χ1n) is 8.81. The second-order valence-corrected chi connectivity index (χ2v) is 6.53. The monoisotopic (exact) mass is 370 g/mol. The summed E-state index contributed by atoms with van der Waals surface area (Å²) < 4.78 is 1.29. The van der Waals surface area contributed by atoms with Gasteiger partial charge in [-0.15, -0.1) is 0 Å². The number of pyridine rings is 1. The lowest BCUT2D eigenvalue weighted by Crippen LogP contribution is -2.20. The number of hydrogen-bond donors (Lipinski definition) is 2. The molecular formula is C23H18N2O3. The van der Waals surface area contributed by atoms with Crippen LogP contribution in [0.1, 0.15) is 11.1 Å². The number of aromatic hydroxyl groups is 2. The number of fused-ring (bicyclic) bond motifs is 1. The first kappa shape index (κ1) is 17.5. The van der Waals surface area contributed by atoms with Crippen molar-refractivity contribution in [2.24, 2.45) is 4.99 Å². The molecule has 0 saturated carbocycles. The molecule has 5 heteroatoms. The van der Waals surface area contributed by atoms with Crippen molar-refractivity contribution in [2.75, 3.05) is 0 Å². The van der Waals surface area contributed by atoms with Crippen LogP contribution in [0.2, 0.25) is 0 Å². The van der Waals surface area contributed by atoms with Crippen LogP contribution in [-0.2, 0) is 0 Å². The molecule has 0 aliphatic rings. The normalized spacial score (nSPS) is 11.3. The predicted molar refractivity (Wildman–Crippen MR) is 111 cm³/mol. The molecule has 4 rings (SSSR count). The average molecular weight is 370 g/mol. The van der Waals surface area contributed by atoms with Gasteiger partial charge in [-0.05, 0) is 49.4 Å². The lowest BCUT2D eigenvalue weighted by Gasteiger charge is -2.14. The van der Waals surface area contributed by atoms with E-state index < -0.39 is 0 Å². The fourth-order valence-corrected chi connectivity index (χ4v) is 3.10. The number of nitrogens with zero attached hydrogens (tertiary/aromatic N) is 2. The van der Waals surface area contributed by atoms with Gasteiger partial charge >= 0.3 is 0 Å². The first-order chi connectivity index (χ1) is 13.5. The SMILES string of the molecule is Cc1ccc(-n2c(O)c(C=Nc3ccc(O)cc3)c3ccccc3c2=O)cc1. The molecule has 0 radical (unpaired) electrons. The highest BCUT2D eigenvalue weighted by molar-refractivity contribution is 6.02. The van der Waals surface area contributed by atoms with Crippen molar-refractivity contribution in [3.05, 3.63) is 94.3 Å². The van der Waals surface area contributed by atoms with E-state index in [2.05, 4.69) is 4.99 Å². The Kier molecular flexibility index (Phi) is 4.41. The Morgan fingerprint density at radius 1 is 0.857 bits per heavy atom. The summed E-state index contributed by atoms with van der Waals surface area (Å²) >= 11 is 0. The van der Waals surface area contributed by atoms with Crippen LogP contribution in [0.5, 0.6) is 11.6 Å². The van der Waals surface area contributed by atoms with Crippen LogP contribution in [0, 0.1) is 6.92 Å². The highest BCUT2D eigenvalue weighted by Gasteiger charge is 2.16. The number of hydrogen-bond acceptors (Lipinski definition) is 4. The van der Waals surface area contributed by atoms with Crippen molar-refractivity contribution in [1.29, 1.82) is 0 Å². The molecule has 0 atom stereocenters. The zero-order valence-corrected chi connectivity index (χ0v) is 15.2. The molecule has 28 heavy (non-hydrogen) atoms. The van der Waals surface area contributed by atoms with Gasteiger partial charge in [0, 0.05) is 17.0 Å². The van der Waals surface area contributed by atoms with Gasteiger partial charge in [-0.2, -0.15) is 0 Å². The molecule has 5 nitrogen and oxygen atoms in total. The van der Waals surface area contributed by atoms with E-state index in [1.807, 2.05) is 25.1 Å². The van der Waals surface area contributed by atoms with E-state index in [-0.39, 0.29) is 17.2 Å². The van der Waals surface area contributed by atoms with Crippen molar-refractivity contribution >= 4 is 22.7 Å². The van der Waals surface area contributed by atoms with Crippen LogP contribution in [0.25, 0.3) is 16.5 Å². The van der Waals surface area contributed by atoms with E-state index in [0.717, 1.165) is 5.56 Å². The Morgan fingerprint density at radius 3 is 2.18 bits per heavy atom. The van der Waals surface area contributed by atoms with Crippen LogP contribution in [0.15, 0.2) is 82.6 Å². The minimum atomic E-state index is -0.293. The molecule has 0 spiro atoms. The van der Waals surface area contributed by atoms with Gasteiger partial charge in [0.15, 0.2) is 0 Å². The second kappa shape index (κ2) is 7.04. The smallest absolute Gasteiger partial charge is 0.265 e. The van der Waals surface area contributed by atoms with Gasteiger partial charge in [-0.3, -0.25) is 9.79 Å². The van der Waals surface area contributed by atoms with Gasteiger partial charge in [0.2, 0.25) is 5.88 Å². The highest BCUT2D eigenvalue weighted by Crippen LogP contribution is 2.27. The van der Waals surface area contributed by atoms with E-state index in [1.54, 1.807) is 42.5 Å². The van der Waals surface area contributed by atoms with E-state index >= 15 is 0 Å². The number of rotatable bonds is 3. The lowest BCUT2D eigenvalue weighted by atomic mass is 10.1. The maximum absolute atomic E-state index is 13.0. The summed E-state index contributed by atoms with van der Waals surface area (Å²) in [7, 11) is 0. The molecule has 0 amide bonds. The molecule has 2 N–H and O–H groups in total. The summed E-state index contributed by atoms with van der Waals surface area (Å²) in [5.41, 5.74) is 2.42. The minimum absolute atomic E-state index is 0.153. The van der Waals surface area contributed by atoms with Crippen LogP contribution in [0.4, 0.5) is 5.69 Å². The topological polar surface area (TPSA) is 74.8 Å². The van der Waals surface area contributed by atoms with Gasteiger partial charge in [-0.1, -0.05) is 35.9 Å². The molecule has 1 aromatic heterocycles. The fourth-order valence-electron chi connectivity index (χ4n) is 3.10. The summed E-state index contributed by atoms with van der Waals surface area (Å²) in [5.74, 6) is -0.0183. The van der Waals surface area contributed by atoms with Crippen LogP contribution in [-0.4, -0.2) is 21.0 Å². The quantitative estimate of drug-likeness (QED) is 0.523. The van der Waals surface area contributed by atoms with Gasteiger partial charge < -0.3 is 10.2 Å². The third-order valence-electron chi connectivity index (χ3n) is 4.59. The Labute approximate surface area is 161 Å². The Morgan fingerprint density at radius 2 is 1.50 bits per heavy atom. The molecule has 0 aliphatic heterocycles. The minimum Gasteiger partial charge on any atom is -0.508 e. The molecular weight excluding hydrogens is 352 g/mol. The number of phenols is 1. The maximum atomic E-state index is 13.0. The number of aliphatic imine (C=N–C) groups is 1. The van der Waals surface area contributed by atoms with Gasteiger partial charge in [-0.25, -0.2) is 4.57 Å². The number of aryl methyl sites for hydroxylation is 1.